The molecule has 2 amide bonds. The molecule has 0 saturated carbocycles. The second kappa shape index (κ2) is 6.06. The number of piperidine rings is 1. The summed E-state index contributed by atoms with van der Waals surface area (Å²) in [5, 5.41) is 0.597. The zero-order valence-electron chi connectivity index (χ0n) is 10.6. The van der Waals surface area contributed by atoms with E-state index in [4.69, 9.17) is 17.3 Å². The van der Waals surface area contributed by atoms with Crippen LogP contribution in [0.15, 0.2) is 24.3 Å². The quantitative estimate of drug-likeness (QED) is 0.914. The van der Waals surface area contributed by atoms with E-state index in [1.165, 1.54) is 0 Å². The molecule has 1 aromatic rings. The van der Waals surface area contributed by atoms with Crippen molar-refractivity contribution in [1.29, 1.82) is 0 Å². The van der Waals surface area contributed by atoms with E-state index in [2.05, 4.69) is 0 Å². The SMILES string of the molecule is NC(=O)[C@H]1CCCN(C(=O)Cc2ccccc2Cl)C1. The molecule has 0 unspecified atom stereocenters. The average molecular weight is 281 g/mol. The van der Waals surface area contributed by atoms with Crippen LogP contribution in [0.1, 0.15) is 18.4 Å². The Kier molecular flexibility index (Phi) is 4.43. The Bertz CT molecular complexity index is 490. The van der Waals surface area contributed by atoms with Gasteiger partial charge < -0.3 is 10.6 Å². The molecule has 102 valence electrons. The molecule has 2 rings (SSSR count). The Hall–Kier alpha value is -1.55. The summed E-state index contributed by atoms with van der Waals surface area (Å²) in [6.07, 6.45) is 1.86. The summed E-state index contributed by atoms with van der Waals surface area (Å²) >= 11 is 6.04. The number of carbonyl (C=O) groups excluding carboxylic acids is 2. The van der Waals surface area contributed by atoms with Gasteiger partial charge in [-0.3, -0.25) is 9.59 Å². The summed E-state index contributed by atoms with van der Waals surface area (Å²) in [6, 6.07) is 7.31. The van der Waals surface area contributed by atoms with Gasteiger partial charge in [-0.25, -0.2) is 0 Å². The zero-order chi connectivity index (χ0) is 13.8. The normalized spacial score (nSPS) is 19.2. The lowest BCUT2D eigenvalue weighted by molar-refractivity contribution is -0.134. The van der Waals surface area contributed by atoms with Crippen molar-refractivity contribution in [2.45, 2.75) is 19.3 Å². The highest BCUT2D eigenvalue weighted by Gasteiger charge is 2.26. The fraction of sp³-hybridized carbons (Fsp3) is 0.429. The Labute approximate surface area is 117 Å². The molecule has 0 spiro atoms. The van der Waals surface area contributed by atoms with E-state index in [0.717, 1.165) is 18.4 Å². The first-order valence-electron chi connectivity index (χ1n) is 6.38. The van der Waals surface area contributed by atoms with Gasteiger partial charge >= 0.3 is 0 Å². The molecule has 0 radical (unpaired) electrons. The largest absolute Gasteiger partial charge is 0.369 e. The number of hydrogen-bond acceptors (Lipinski definition) is 2. The van der Waals surface area contributed by atoms with Gasteiger partial charge in [0.2, 0.25) is 11.8 Å². The van der Waals surface area contributed by atoms with Crippen molar-refractivity contribution in [1.82, 2.24) is 4.90 Å². The van der Waals surface area contributed by atoms with E-state index in [1.807, 2.05) is 18.2 Å². The fourth-order valence-corrected chi connectivity index (χ4v) is 2.55. The first-order valence-corrected chi connectivity index (χ1v) is 6.76. The summed E-state index contributed by atoms with van der Waals surface area (Å²) < 4.78 is 0. The topological polar surface area (TPSA) is 63.4 Å². The number of hydrogen-bond donors (Lipinski definition) is 1. The molecule has 1 saturated heterocycles. The second-order valence-corrected chi connectivity index (χ2v) is 5.26. The van der Waals surface area contributed by atoms with E-state index in [-0.39, 0.29) is 24.2 Å². The maximum atomic E-state index is 12.2. The molecule has 1 fully saturated rings. The molecule has 1 atom stereocenters. The highest BCUT2D eigenvalue weighted by molar-refractivity contribution is 6.31. The molecular weight excluding hydrogens is 264 g/mol. The van der Waals surface area contributed by atoms with Crippen LogP contribution in [-0.2, 0) is 16.0 Å². The van der Waals surface area contributed by atoms with Crippen LogP contribution in [0.25, 0.3) is 0 Å². The Morgan fingerprint density at radius 1 is 1.37 bits per heavy atom. The number of likely N-dealkylation sites (tertiary alicyclic amines) is 1. The van der Waals surface area contributed by atoms with Crippen LogP contribution in [0, 0.1) is 5.92 Å². The molecule has 0 aliphatic carbocycles. The summed E-state index contributed by atoms with van der Waals surface area (Å²) in [5.74, 6) is -0.543. The van der Waals surface area contributed by atoms with Crippen LogP contribution in [0.2, 0.25) is 5.02 Å². The minimum Gasteiger partial charge on any atom is -0.369 e. The molecule has 5 heteroatoms. The summed E-state index contributed by atoms with van der Waals surface area (Å²) in [5.41, 5.74) is 6.12. The van der Waals surface area contributed by atoms with Gasteiger partial charge in [-0.05, 0) is 24.5 Å². The van der Waals surface area contributed by atoms with Crippen LogP contribution in [-0.4, -0.2) is 29.8 Å². The molecule has 4 nitrogen and oxygen atoms in total. The third-order valence-electron chi connectivity index (χ3n) is 3.48. The molecule has 0 aromatic heterocycles. The number of amides is 2. The predicted octanol–water partition coefficient (Wildman–Crippen LogP) is 1.61. The first-order chi connectivity index (χ1) is 9.08. The molecule has 0 bridgehead atoms. The average Bonchev–Trinajstić information content (AvgIpc) is 2.41. The van der Waals surface area contributed by atoms with Crippen molar-refractivity contribution < 1.29 is 9.59 Å². The number of primary amides is 1. The van der Waals surface area contributed by atoms with E-state index in [0.29, 0.717) is 18.1 Å². The van der Waals surface area contributed by atoms with Gasteiger partial charge in [0.05, 0.1) is 12.3 Å². The molecule has 1 aliphatic rings. The van der Waals surface area contributed by atoms with Gasteiger partial charge in [-0.2, -0.15) is 0 Å². The number of rotatable bonds is 3. The second-order valence-electron chi connectivity index (χ2n) is 4.85. The zero-order valence-corrected chi connectivity index (χ0v) is 11.4. The predicted molar refractivity (Wildman–Crippen MR) is 73.7 cm³/mol. The minimum atomic E-state index is -0.324. The monoisotopic (exact) mass is 280 g/mol. The van der Waals surface area contributed by atoms with Crippen molar-refractivity contribution in [3.05, 3.63) is 34.9 Å². The maximum Gasteiger partial charge on any atom is 0.227 e. The van der Waals surface area contributed by atoms with Crippen LogP contribution < -0.4 is 5.73 Å². The fourth-order valence-electron chi connectivity index (χ4n) is 2.35. The van der Waals surface area contributed by atoms with Crippen molar-refractivity contribution in [3.8, 4) is 0 Å². The highest BCUT2D eigenvalue weighted by Crippen LogP contribution is 2.20. The summed E-state index contributed by atoms with van der Waals surface area (Å²) in [7, 11) is 0. The maximum absolute atomic E-state index is 12.2. The van der Waals surface area contributed by atoms with E-state index >= 15 is 0 Å². The van der Waals surface area contributed by atoms with Gasteiger partial charge in [0.15, 0.2) is 0 Å². The standard InChI is InChI=1S/C14H17ClN2O2/c15-12-6-2-1-4-10(12)8-13(18)17-7-3-5-11(9-17)14(16)19/h1-2,4,6,11H,3,5,7-9H2,(H2,16,19)/t11-/m0/s1. The van der Waals surface area contributed by atoms with Crippen molar-refractivity contribution in [2.75, 3.05) is 13.1 Å². The molecule has 2 N–H and O–H groups in total. The Balaban J connectivity index is 2.00. The number of halogens is 1. The van der Waals surface area contributed by atoms with Crippen molar-refractivity contribution in [3.63, 3.8) is 0 Å². The minimum absolute atomic E-state index is 0.000880. The van der Waals surface area contributed by atoms with Gasteiger partial charge in [0, 0.05) is 18.1 Å². The van der Waals surface area contributed by atoms with E-state index in [9.17, 15) is 9.59 Å². The van der Waals surface area contributed by atoms with Crippen LogP contribution in [0.4, 0.5) is 0 Å². The molecule has 19 heavy (non-hydrogen) atoms. The molecule has 1 aliphatic heterocycles. The van der Waals surface area contributed by atoms with Gasteiger partial charge in [-0.1, -0.05) is 29.8 Å². The number of benzene rings is 1. The number of carbonyl (C=O) groups is 2. The van der Waals surface area contributed by atoms with Crippen molar-refractivity contribution in [2.24, 2.45) is 11.7 Å². The Morgan fingerprint density at radius 3 is 2.79 bits per heavy atom. The smallest absolute Gasteiger partial charge is 0.227 e. The summed E-state index contributed by atoms with van der Waals surface area (Å²) in [6.45, 7) is 1.12. The van der Waals surface area contributed by atoms with Gasteiger partial charge in [0.25, 0.3) is 0 Å². The first kappa shape index (κ1) is 13.9. The molecule has 1 heterocycles. The lowest BCUT2D eigenvalue weighted by Crippen LogP contribution is -2.44. The Morgan fingerprint density at radius 2 is 2.11 bits per heavy atom. The molecule has 1 aromatic carbocycles. The van der Waals surface area contributed by atoms with E-state index in [1.54, 1.807) is 11.0 Å². The van der Waals surface area contributed by atoms with Crippen LogP contribution >= 0.6 is 11.6 Å². The third kappa shape index (κ3) is 3.47. The van der Waals surface area contributed by atoms with E-state index < -0.39 is 0 Å². The lowest BCUT2D eigenvalue weighted by Gasteiger charge is -2.31. The number of nitrogens with zero attached hydrogens (tertiary/aromatic N) is 1. The van der Waals surface area contributed by atoms with Gasteiger partial charge in [-0.15, -0.1) is 0 Å². The molecular formula is C14H17ClN2O2. The highest BCUT2D eigenvalue weighted by atomic mass is 35.5. The lowest BCUT2D eigenvalue weighted by atomic mass is 9.97. The van der Waals surface area contributed by atoms with Crippen LogP contribution in [0.3, 0.4) is 0 Å². The summed E-state index contributed by atoms with van der Waals surface area (Å²) in [4.78, 5) is 25.1. The van der Waals surface area contributed by atoms with Gasteiger partial charge in [0.1, 0.15) is 0 Å². The van der Waals surface area contributed by atoms with Crippen molar-refractivity contribution >= 4 is 23.4 Å². The van der Waals surface area contributed by atoms with Crippen LogP contribution in [0.5, 0.6) is 0 Å². The third-order valence-corrected chi connectivity index (χ3v) is 3.84. The number of nitrogens with two attached hydrogens (primary N) is 1.